The van der Waals surface area contributed by atoms with Crippen molar-refractivity contribution < 1.29 is 9.53 Å². The van der Waals surface area contributed by atoms with Crippen molar-refractivity contribution in [1.82, 2.24) is 0 Å². The molecule has 2 heteroatoms. The Morgan fingerprint density at radius 1 is 1.11 bits per heavy atom. The predicted octanol–water partition coefficient (Wildman–Crippen LogP) is 3.51. The highest BCUT2D eigenvalue weighted by Gasteiger charge is 2.20. The van der Waals surface area contributed by atoms with Crippen LogP contribution >= 0.6 is 0 Å². The standard InChI is InChI=1S/C16H14O2/c1-11-15-8-7-13(9-14(15)10-18-11)16(17)12-5-3-2-4-6-12/h2-9,11H,10H2,1H3. The summed E-state index contributed by atoms with van der Waals surface area (Å²) in [6, 6.07) is 15.2. The third-order valence-electron chi connectivity index (χ3n) is 3.37. The molecule has 3 rings (SSSR count). The minimum atomic E-state index is 0.0675. The minimum Gasteiger partial charge on any atom is -0.369 e. The summed E-state index contributed by atoms with van der Waals surface area (Å²) >= 11 is 0. The first-order valence-electron chi connectivity index (χ1n) is 6.10. The van der Waals surface area contributed by atoms with E-state index >= 15 is 0 Å². The zero-order valence-corrected chi connectivity index (χ0v) is 10.2. The summed E-state index contributed by atoms with van der Waals surface area (Å²) in [5, 5.41) is 0. The van der Waals surface area contributed by atoms with Crippen molar-refractivity contribution in [1.29, 1.82) is 0 Å². The van der Waals surface area contributed by atoms with Gasteiger partial charge in [0, 0.05) is 11.1 Å². The number of hydrogen-bond donors (Lipinski definition) is 0. The fraction of sp³-hybridized carbons (Fsp3) is 0.188. The third kappa shape index (κ3) is 1.85. The average molecular weight is 238 g/mol. The maximum atomic E-state index is 12.3. The zero-order chi connectivity index (χ0) is 12.5. The van der Waals surface area contributed by atoms with Gasteiger partial charge in [-0.1, -0.05) is 42.5 Å². The van der Waals surface area contributed by atoms with Gasteiger partial charge in [0.25, 0.3) is 0 Å². The highest BCUT2D eigenvalue weighted by molar-refractivity contribution is 6.09. The molecule has 0 aliphatic carbocycles. The van der Waals surface area contributed by atoms with E-state index in [1.807, 2.05) is 55.5 Å². The van der Waals surface area contributed by atoms with Gasteiger partial charge in [-0.3, -0.25) is 4.79 Å². The van der Waals surface area contributed by atoms with E-state index in [0.29, 0.717) is 6.61 Å². The van der Waals surface area contributed by atoms with Crippen LogP contribution in [-0.2, 0) is 11.3 Å². The molecule has 2 nitrogen and oxygen atoms in total. The van der Waals surface area contributed by atoms with Crippen LogP contribution in [-0.4, -0.2) is 5.78 Å². The largest absolute Gasteiger partial charge is 0.369 e. The summed E-state index contributed by atoms with van der Waals surface area (Å²) in [5.74, 6) is 0.0675. The number of benzene rings is 2. The normalized spacial score (nSPS) is 17.5. The first kappa shape index (κ1) is 11.2. The van der Waals surface area contributed by atoms with Crippen molar-refractivity contribution in [3.8, 4) is 0 Å². The molecule has 0 aromatic heterocycles. The first-order valence-corrected chi connectivity index (χ1v) is 6.10. The molecule has 2 aromatic rings. The number of ketones is 1. The van der Waals surface area contributed by atoms with E-state index in [0.717, 1.165) is 16.7 Å². The molecule has 1 unspecified atom stereocenters. The van der Waals surface area contributed by atoms with Crippen molar-refractivity contribution >= 4 is 5.78 Å². The lowest BCUT2D eigenvalue weighted by Crippen LogP contribution is -2.02. The van der Waals surface area contributed by atoms with Gasteiger partial charge in [0.2, 0.25) is 0 Å². The van der Waals surface area contributed by atoms with Crippen molar-refractivity contribution in [2.75, 3.05) is 0 Å². The van der Waals surface area contributed by atoms with Gasteiger partial charge in [0.1, 0.15) is 0 Å². The van der Waals surface area contributed by atoms with Crippen LogP contribution in [0.15, 0.2) is 48.5 Å². The number of fused-ring (bicyclic) bond motifs is 1. The maximum absolute atomic E-state index is 12.3. The average Bonchev–Trinajstić information content (AvgIpc) is 2.80. The second-order valence-corrected chi connectivity index (χ2v) is 4.56. The molecule has 2 aromatic carbocycles. The second kappa shape index (κ2) is 4.39. The predicted molar refractivity (Wildman–Crippen MR) is 69.5 cm³/mol. The Kier molecular flexibility index (Phi) is 2.73. The van der Waals surface area contributed by atoms with Crippen LogP contribution in [0, 0.1) is 0 Å². The number of ether oxygens (including phenoxy) is 1. The summed E-state index contributed by atoms with van der Waals surface area (Å²) in [6.07, 6.45) is 0.140. The summed E-state index contributed by atoms with van der Waals surface area (Å²) in [4.78, 5) is 12.3. The quantitative estimate of drug-likeness (QED) is 0.748. The SMILES string of the molecule is CC1OCc2cc(C(=O)c3ccccc3)ccc21. The molecule has 90 valence electrons. The van der Waals surface area contributed by atoms with Crippen LogP contribution < -0.4 is 0 Å². The molecule has 0 amide bonds. The molecular weight excluding hydrogens is 224 g/mol. The monoisotopic (exact) mass is 238 g/mol. The Balaban J connectivity index is 1.97. The van der Waals surface area contributed by atoms with E-state index in [-0.39, 0.29) is 11.9 Å². The fourth-order valence-corrected chi connectivity index (χ4v) is 2.33. The lowest BCUT2D eigenvalue weighted by molar-refractivity contribution is 0.0796. The molecule has 0 saturated heterocycles. The molecule has 0 bridgehead atoms. The molecular formula is C16H14O2. The molecule has 0 saturated carbocycles. The second-order valence-electron chi connectivity index (χ2n) is 4.56. The maximum Gasteiger partial charge on any atom is 0.193 e. The lowest BCUT2D eigenvalue weighted by Gasteiger charge is -2.05. The highest BCUT2D eigenvalue weighted by atomic mass is 16.5. The van der Waals surface area contributed by atoms with Crippen molar-refractivity contribution in [2.45, 2.75) is 19.6 Å². The van der Waals surface area contributed by atoms with E-state index in [2.05, 4.69) is 0 Å². The smallest absolute Gasteiger partial charge is 0.193 e. The number of carbonyl (C=O) groups excluding carboxylic acids is 1. The Morgan fingerprint density at radius 3 is 2.67 bits per heavy atom. The van der Waals surface area contributed by atoms with Gasteiger partial charge in [-0.25, -0.2) is 0 Å². The molecule has 1 aliphatic heterocycles. The molecule has 1 atom stereocenters. The molecule has 0 N–H and O–H groups in total. The molecule has 0 fully saturated rings. The van der Waals surface area contributed by atoms with Gasteiger partial charge >= 0.3 is 0 Å². The summed E-state index contributed by atoms with van der Waals surface area (Å²) in [5.41, 5.74) is 3.78. The Hall–Kier alpha value is -1.93. The van der Waals surface area contributed by atoms with E-state index in [1.54, 1.807) is 0 Å². The van der Waals surface area contributed by atoms with Crippen LogP contribution in [0.5, 0.6) is 0 Å². The zero-order valence-electron chi connectivity index (χ0n) is 10.2. The highest BCUT2D eigenvalue weighted by Crippen LogP contribution is 2.30. The van der Waals surface area contributed by atoms with Gasteiger partial charge in [-0.15, -0.1) is 0 Å². The Morgan fingerprint density at radius 2 is 1.89 bits per heavy atom. The van der Waals surface area contributed by atoms with Gasteiger partial charge in [0.05, 0.1) is 12.7 Å². The van der Waals surface area contributed by atoms with E-state index in [9.17, 15) is 4.79 Å². The topological polar surface area (TPSA) is 26.3 Å². The number of carbonyl (C=O) groups is 1. The van der Waals surface area contributed by atoms with Crippen molar-refractivity contribution in [3.05, 3.63) is 70.8 Å². The third-order valence-corrected chi connectivity index (χ3v) is 3.37. The Labute approximate surface area is 106 Å². The van der Waals surface area contributed by atoms with Crippen LogP contribution in [0.3, 0.4) is 0 Å². The molecule has 1 aliphatic rings. The van der Waals surface area contributed by atoms with Crippen LogP contribution in [0.2, 0.25) is 0 Å². The van der Waals surface area contributed by atoms with Gasteiger partial charge in [-0.2, -0.15) is 0 Å². The van der Waals surface area contributed by atoms with Gasteiger partial charge in [0.15, 0.2) is 5.78 Å². The molecule has 0 spiro atoms. The number of hydrogen-bond acceptors (Lipinski definition) is 2. The van der Waals surface area contributed by atoms with Gasteiger partial charge in [-0.05, 0) is 24.1 Å². The molecule has 18 heavy (non-hydrogen) atoms. The Bertz CT molecular complexity index is 587. The van der Waals surface area contributed by atoms with E-state index in [1.165, 1.54) is 5.56 Å². The molecule has 1 heterocycles. The fourth-order valence-electron chi connectivity index (χ4n) is 2.33. The summed E-state index contributed by atoms with van der Waals surface area (Å²) < 4.78 is 5.55. The van der Waals surface area contributed by atoms with Crippen molar-refractivity contribution in [2.24, 2.45) is 0 Å². The van der Waals surface area contributed by atoms with Crippen LogP contribution in [0.25, 0.3) is 0 Å². The first-order chi connectivity index (χ1) is 8.75. The molecule has 0 radical (unpaired) electrons. The van der Waals surface area contributed by atoms with Crippen LogP contribution in [0.1, 0.15) is 40.1 Å². The summed E-state index contributed by atoms with van der Waals surface area (Å²) in [6.45, 7) is 2.64. The summed E-state index contributed by atoms with van der Waals surface area (Å²) in [7, 11) is 0. The van der Waals surface area contributed by atoms with E-state index < -0.39 is 0 Å². The number of rotatable bonds is 2. The minimum absolute atomic E-state index is 0.0675. The van der Waals surface area contributed by atoms with Crippen molar-refractivity contribution in [3.63, 3.8) is 0 Å². The lowest BCUT2D eigenvalue weighted by atomic mass is 9.98. The van der Waals surface area contributed by atoms with Gasteiger partial charge < -0.3 is 4.74 Å². The van der Waals surface area contributed by atoms with Crippen LogP contribution in [0.4, 0.5) is 0 Å². The van der Waals surface area contributed by atoms with E-state index in [4.69, 9.17) is 4.74 Å².